The van der Waals surface area contributed by atoms with E-state index in [2.05, 4.69) is 130 Å². The van der Waals surface area contributed by atoms with Crippen molar-refractivity contribution in [1.29, 1.82) is 36.8 Å². The van der Waals surface area contributed by atoms with Gasteiger partial charge in [0.25, 0.3) is 0 Å². The molecule has 0 saturated heterocycles. The Morgan fingerprint density at radius 3 is 1.14 bits per heavy atom. The standard InChI is InChI=1S/C28H30N8O4S.C20H22N8O2S.C13H20N4O2.C7H4Cl2N2.C7H5N3S/c1-16(2)27(37)39-12-8-10-32-23-20(14-29)18(5)22(24(34-23)33-11-9-13-40-28(38)17(3)4)35-36-26-21(15-30)19(6)25(31-7)41-26;1-12-14(10-21)17(24-6-4-8-29)26-18(25-7-5-9-30)16(12)27-28-20-15(11-22)13(2)19(23-3)31-20;1-10-8-12(15-4-2-6-18)17-13(11(10)9-14)16-5-3-7-19;1-4-2-6(8)11-7(9)5(4)3-10;1-4-5(3-8)6(9)11-7(4)10-2/h1,3,8-13H2,2,4-6H3,(H2,32,33,34);29-30H,4-9H2,1-2H3,(H2,24,25,26);8,18-19H,2-7H2,1H3,(H2,15,16,17);2H,1H3;9H2,1H3. The van der Waals surface area contributed by atoms with E-state index in [-0.39, 0.29) is 66.6 Å². The van der Waals surface area contributed by atoms with Gasteiger partial charge in [-0.3, -0.25) is 0 Å². The molecule has 0 bridgehead atoms. The molecule has 33 nitrogen and oxygen atoms in total. The number of aromatic nitrogens is 4. The number of carbonyl (C=O) groups is 2. The number of nitrogen functional groups attached to an aromatic ring is 1. The number of nitriles is 7. The van der Waals surface area contributed by atoms with Crippen molar-refractivity contribution in [3.8, 4) is 42.5 Å². The molecule has 0 radical (unpaired) electrons. The van der Waals surface area contributed by atoms with Crippen LogP contribution in [0.2, 0.25) is 10.3 Å². The summed E-state index contributed by atoms with van der Waals surface area (Å²) < 4.78 is 10.2. The Balaban J connectivity index is 0.000000400. The average Bonchev–Trinajstić information content (AvgIpc) is 1.02. The first kappa shape index (κ1) is 94.4. The number of hydrogen-bond donors (Lipinski definition) is 11. The maximum atomic E-state index is 11.6. The van der Waals surface area contributed by atoms with E-state index in [9.17, 15) is 30.6 Å². The summed E-state index contributed by atoms with van der Waals surface area (Å²) in [7, 11) is 0. The Bertz CT molecular complexity index is 5060. The Kier molecular flexibility index (Phi) is 41.9. The number of esters is 2. The minimum atomic E-state index is -0.481. The van der Waals surface area contributed by atoms with Crippen molar-refractivity contribution in [2.75, 3.05) is 117 Å². The summed E-state index contributed by atoms with van der Waals surface area (Å²) in [5.74, 6) is 1.59. The molecule has 7 rings (SSSR count). The molecule has 0 aliphatic heterocycles. The first-order chi connectivity index (χ1) is 54.1. The third-order valence-electron chi connectivity index (χ3n) is 15.0. The van der Waals surface area contributed by atoms with Crippen molar-refractivity contribution in [2.45, 2.75) is 101 Å². The number of thiophene rings is 3. The molecular formula is C75H81Cl2N25O8S3. The van der Waals surface area contributed by atoms with Gasteiger partial charge >= 0.3 is 11.9 Å². The summed E-state index contributed by atoms with van der Waals surface area (Å²) in [5.41, 5.74) is 13.5. The summed E-state index contributed by atoms with van der Waals surface area (Å²) >= 11 is 14.5. The number of aliphatic hydroxyl groups excluding tert-OH is 4. The van der Waals surface area contributed by atoms with Crippen molar-refractivity contribution < 1.29 is 39.5 Å². The highest BCUT2D eigenvalue weighted by Gasteiger charge is 2.23. The molecule has 0 spiro atoms. The molecule has 0 aromatic carbocycles. The molecule has 586 valence electrons. The zero-order valence-corrected chi connectivity index (χ0v) is 67.3. The lowest BCUT2D eigenvalue weighted by molar-refractivity contribution is -0.139. The second-order valence-corrected chi connectivity index (χ2v) is 27.1. The second kappa shape index (κ2) is 50.1. The lowest BCUT2D eigenvalue weighted by Gasteiger charge is -2.15. The van der Waals surface area contributed by atoms with Crippen molar-refractivity contribution in [1.82, 2.24) is 19.9 Å². The lowest BCUT2D eigenvalue weighted by atomic mass is 10.1. The molecular weight excluding hydrogens is 1550 g/mol. The minimum Gasteiger partial charge on any atom is -0.462 e. The fourth-order valence-electron chi connectivity index (χ4n) is 9.01. The zero-order chi connectivity index (χ0) is 84.3. The van der Waals surface area contributed by atoms with Gasteiger partial charge in [-0.1, -0.05) is 36.4 Å². The topological polar surface area (TPSA) is 512 Å². The molecule has 0 aliphatic rings. The van der Waals surface area contributed by atoms with Gasteiger partial charge in [-0.2, -0.15) is 36.8 Å². The number of azo groups is 2. The number of ether oxygens (including phenoxy) is 2. The van der Waals surface area contributed by atoms with E-state index in [0.717, 1.165) is 33.8 Å². The fraction of sp³-hybridized carbons (Fsp3) is 0.360. The molecule has 7 heterocycles. The first-order valence-corrected chi connectivity index (χ1v) is 37.2. The van der Waals surface area contributed by atoms with Crippen LogP contribution in [0.25, 0.3) is 14.5 Å². The maximum Gasteiger partial charge on any atom is 0.333 e. The van der Waals surface area contributed by atoms with Crippen molar-refractivity contribution in [3.63, 3.8) is 0 Å². The number of rotatable bonds is 32. The molecule has 0 amide bonds. The van der Waals surface area contributed by atoms with Gasteiger partial charge in [-0.15, -0.1) is 54.5 Å². The third kappa shape index (κ3) is 28.6. The van der Waals surface area contributed by atoms with Gasteiger partial charge in [0.2, 0.25) is 15.0 Å². The van der Waals surface area contributed by atoms with Crippen LogP contribution in [0.15, 0.2) is 56.9 Å². The quantitative estimate of drug-likeness (QED) is 0.00466. The number of aryl methyl sites for hydroxylation is 2. The third-order valence-corrected chi connectivity index (χ3v) is 18.6. The highest BCUT2D eigenvalue weighted by molar-refractivity contribution is 7.21. The monoisotopic (exact) mass is 1630 g/mol. The number of nitrogens with zero attached hydrogens (tertiary/aromatic N) is 18. The number of nitrogens with one attached hydrogen (secondary N) is 6. The van der Waals surface area contributed by atoms with E-state index in [1.165, 1.54) is 11.3 Å². The molecule has 7 aromatic heterocycles. The lowest BCUT2D eigenvalue weighted by Crippen LogP contribution is -2.14. The first-order valence-electron chi connectivity index (χ1n) is 34.0. The van der Waals surface area contributed by atoms with Crippen LogP contribution >= 0.6 is 57.2 Å². The van der Waals surface area contributed by atoms with Gasteiger partial charge in [0, 0.05) is 88.0 Å². The summed E-state index contributed by atoms with van der Waals surface area (Å²) in [5, 5.41) is 139. The molecule has 7 aromatic rings. The number of halogens is 2. The molecule has 0 fully saturated rings. The predicted octanol–water partition coefficient (Wildman–Crippen LogP) is 15.9. The van der Waals surface area contributed by atoms with E-state index < -0.39 is 11.9 Å². The highest BCUT2D eigenvalue weighted by atomic mass is 35.5. The summed E-state index contributed by atoms with van der Waals surface area (Å²) in [6.45, 7) is 47.0. The molecule has 0 unspecified atom stereocenters. The number of nitrogens with two attached hydrogens (primary N) is 1. The van der Waals surface area contributed by atoms with Crippen LogP contribution in [0.1, 0.15) is 130 Å². The molecule has 113 heavy (non-hydrogen) atoms. The van der Waals surface area contributed by atoms with E-state index in [1.54, 1.807) is 61.5 Å². The molecule has 0 atom stereocenters. The van der Waals surface area contributed by atoms with Gasteiger partial charge in [0.05, 0.1) is 76.9 Å². The van der Waals surface area contributed by atoms with Gasteiger partial charge in [0.15, 0.2) is 11.6 Å². The predicted molar refractivity (Wildman–Crippen MR) is 436 cm³/mol. The molecule has 38 heteroatoms. The number of hydrogen-bond acceptors (Lipinski definition) is 33. The van der Waals surface area contributed by atoms with Crippen LogP contribution in [0.4, 0.5) is 76.3 Å². The van der Waals surface area contributed by atoms with Gasteiger partial charge < -0.3 is 67.5 Å². The number of anilines is 7. The van der Waals surface area contributed by atoms with Gasteiger partial charge in [-0.05, 0) is 141 Å². The van der Waals surface area contributed by atoms with E-state index >= 15 is 0 Å². The zero-order valence-electron chi connectivity index (χ0n) is 63.3. The summed E-state index contributed by atoms with van der Waals surface area (Å²) in [4.78, 5) is 50.4. The second-order valence-electron chi connectivity index (χ2n) is 23.4. The van der Waals surface area contributed by atoms with E-state index in [1.807, 2.05) is 25.1 Å². The SMILES string of the molecule is Cc1cc(Cl)nc(Cl)c1C#N.Cc1cc(NCCCO)nc(NCCCO)c1C#N.[C-]#[N+]c1sc(N)c(C#N)c1C.[C-]#[N+]c1sc(N=Nc2c(NCCCO)nc(NCCCO)c(C#N)c2C)c(C#N)c1C.[C-]#[N+]c1sc(N=Nc2c(NCCCOC(=O)C(=C)C)nc(NCCCOC(=O)C(=C)C)c(C#N)c2C)c(C#N)c1C. The highest BCUT2D eigenvalue weighted by Crippen LogP contribution is 2.45. The van der Waals surface area contributed by atoms with Crippen molar-refractivity contribution in [2.24, 2.45) is 20.5 Å². The van der Waals surface area contributed by atoms with Crippen LogP contribution in [0.3, 0.4) is 0 Å². The average molecular weight is 1630 g/mol. The molecule has 0 aliphatic carbocycles. The molecule has 0 saturated carbocycles. The fourth-order valence-corrected chi connectivity index (χ4v) is 12.1. The van der Waals surface area contributed by atoms with Gasteiger partial charge in [-0.25, -0.2) is 44.1 Å². The van der Waals surface area contributed by atoms with E-state index in [0.29, 0.717) is 215 Å². The van der Waals surface area contributed by atoms with Crippen molar-refractivity contribution >= 4 is 145 Å². The number of carbonyl (C=O) groups excluding carboxylic acids is 2. The Morgan fingerprint density at radius 1 is 0.469 bits per heavy atom. The van der Waals surface area contributed by atoms with Gasteiger partial charge in [0.1, 0.15) is 97.4 Å². The Morgan fingerprint density at radius 2 is 0.805 bits per heavy atom. The Hall–Kier alpha value is -12.8. The minimum absolute atomic E-state index is 0.000121. The smallest absolute Gasteiger partial charge is 0.333 e. The van der Waals surface area contributed by atoms with Crippen LogP contribution < -0.4 is 37.6 Å². The van der Waals surface area contributed by atoms with Crippen LogP contribution in [-0.2, 0) is 19.1 Å². The largest absolute Gasteiger partial charge is 0.462 e. The maximum absolute atomic E-state index is 11.6. The van der Waals surface area contributed by atoms with Crippen LogP contribution in [-0.4, -0.2) is 131 Å². The normalized spacial score (nSPS) is 10.0. The summed E-state index contributed by atoms with van der Waals surface area (Å²) in [6, 6.07) is 17.8. The van der Waals surface area contributed by atoms with E-state index in [4.69, 9.17) is 94.3 Å². The number of aliphatic hydroxyl groups is 4. The number of pyridine rings is 4. The van der Waals surface area contributed by atoms with Crippen LogP contribution in [0.5, 0.6) is 0 Å². The van der Waals surface area contributed by atoms with Crippen LogP contribution in [0, 0.1) is 148 Å². The molecule has 12 N–H and O–H groups in total. The van der Waals surface area contributed by atoms with Crippen molar-refractivity contribution in [3.05, 3.63) is 159 Å². The Labute approximate surface area is 676 Å². The summed E-state index contributed by atoms with van der Waals surface area (Å²) in [6.07, 6.45) is 3.15.